The highest BCUT2D eigenvalue weighted by Gasteiger charge is 2.31. The number of rotatable bonds is 11. The van der Waals surface area contributed by atoms with Gasteiger partial charge in [0.05, 0.1) is 19.1 Å². The second-order valence-corrected chi connectivity index (χ2v) is 10.8. The highest BCUT2D eigenvalue weighted by Crippen LogP contribution is 2.27. The summed E-state index contributed by atoms with van der Waals surface area (Å²) in [7, 11) is -2.22. The van der Waals surface area contributed by atoms with Crippen LogP contribution in [-0.4, -0.2) is 57.1 Å². The maximum absolute atomic E-state index is 13.7. The zero-order valence-electron chi connectivity index (χ0n) is 21.7. The lowest BCUT2D eigenvalue weighted by Crippen LogP contribution is -2.52. The van der Waals surface area contributed by atoms with Crippen LogP contribution in [-0.2, 0) is 26.2 Å². The Labute approximate surface area is 209 Å². The van der Waals surface area contributed by atoms with E-state index in [0.29, 0.717) is 11.4 Å². The summed E-state index contributed by atoms with van der Waals surface area (Å²) >= 11 is 0. The topological polar surface area (TPSA) is 96.0 Å². The third-order valence-electron chi connectivity index (χ3n) is 6.02. The van der Waals surface area contributed by atoms with Crippen LogP contribution >= 0.6 is 0 Å². The fraction of sp³-hybridized carbons (Fsp3) is 0.462. The van der Waals surface area contributed by atoms with Gasteiger partial charge in [-0.2, -0.15) is 0 Å². The van der Waals surface area contributed by atoms with E-state index in [2.05, 4.69) is 5.32 Å². The maximum Gasteiger partial charge on any atom is 0.244 e. The van der Waals surface area contributed by atoms with Crippen LogP contribution < -0.4 is 14.4 Å². The zero-order valence-corrected chi connectivity index (χ0v) is 22.5. The average Bonchev–Trinajstić information content (AvgIpc) is 2.80. The van der Waals surface area contributed by atoms with Gasteiger partial charge in [-0.25, -0.2) is 8.42 Å². The number of ether oxygens (including phenoxy) is 1. The number of methoxy groups -OCH3 is 1. The van der Waals surface area contributed by atoms with Gasteiger partial charge in [0, 0.05) is 12.6 Å². The van der Waals surface area contributed by atoms with Crippen LogP contribution in [0.3, 0.4) is 0 Å². The van der Waals surface area contributed by atoms with E-state index in [1.165, 1.54) is 4.90 Å². The third-order valence-corrected chi connectivity index (χ3v) is 7.14. The Morgan fingerprint density at radius 3 is 2.20 bits per heavy atom. The molecule has 9 heteroatoms. The molecule has 0 unspecified atom stereocenters. The maximum atomic E-state index is 13.7. The Morgan fingerprint density at radius 2 is 1.66 bits per heavy atom. The standard InChI is InChI=1S/C26H37N3O5S/c1-8-20(4)27-26(31)21(5)28(16-22-13-10-14-23(15-22)34-6)24(30)17-29(35(7,32)33)25-18(2)11-9-12-19(25)3/h9-15,20-21H,8,16-17H2,1-7H3,(H,27,31)/t20-,21-/m0/s1. The molecule has 2 amide bonds. The number of nitrogens with zero attached hydrogens (tertiary/aromatic N) is 2. The number of hydrogen-bond donors (Lipinski definition) is 1. The van der Waals surface area contributed by atoms with E-state index in [1.54, 1.807) is 58.2 Å². The van der Waals surface area contributed by atoms with Crippen LogP contribution in [0.4, 0.5) is 5.69 Å². The normalized spacial score (nSPS) is 13.0. The van der Waals surface area contributed by atoms with Gasteiger partial charge in [-0.05, 0) is 62.9 Å². The van der Waals surface area contributed by atoms with Gasteiger partial charge < -0.3 is 15.0 Å². The number of carbonyl (C=O) groups excluding carboxylic acids is 2. The Bertz CT molecular complexity index is 1130. The number of carbonyl (C=O) groups is 2. The number of amides is 2. The third kappa shape index (κ3) is 7.45. The number of aryl methyl sites for hydroxylation is 2. The predicted octanol–water partition coefficient (Wildman–Crippen LogP) is 3.41. The van der Waals surface area contributed by atoms with E-state index >= 15 is 0 Å². The highest BCUT2D eigenvalue weighted by atomic mass is 32.2. The summed E-state index contributed by atoms with van der Waals surface area (Å²) in [6, 6.07) is 11.8. The van der Waals surface area contributed by atoms with Crippen LogP contribution in [0, 0.1) is 13.8 Å². The van der Waals surface area contributed by atoms with Gasteiger partial charge in [0.15, 0.2) is 0 Å². The average molecular weight is 504 g/mol. The lowest BCUT2D eigenvalue weighted by atomic mass is 10.1. The molecule has 0 aliphatic carbocycles. The first-order valence-electron chi connectivity index (χ1n) is 11.7. The molecule has 0 fully saturated rings. The first-order valence-corrected chi connectivity index (χ1v) is 13.5. The monoisotopic (exact) mass is 503 g/mol. The Kier molecular flexibility index (Phi) is 9.71. The van der Waals surface area contributed by atoms with E-state index < -0.39 is 28.5 Å². The number of anilines is 1. The van der Waals surface area contributed by atoms with Crippen molar-refractivity contribution in [3.05, 3.63) is 59.2 Å². The summed E-state index contributed by atoms with van der Waals surface area (Å²) in [6.07, 6.45) is 1.83. The molecule has 192 valence electrons. The van der Waals surface area contributed by atoms with Crippen LogP contribution in [0.2, 0.25) is 0 Å². The van der Waals surface area contributed by atoms with E-state index in [9.17, 15) is 18.0 Å². The SMILES string of the molecule is CC[C@H](C)NC(=O)[C@H](C)N(Cc1cccc(OC)c1)C(=O)CN(c1c(C)cccc1C)S(C)(=O)=O. The quantitative estimate of drug-likeness (QED) is 0.507. The van der Waals surface area contributed by atoms with Gasteiger partial charge in [0.1, 0.15) is 18.3 Å². The van der Waals surface area contributed by atoms with Crippen molar-refractivity contribution in [2.45, 2.75) is 59.7 Å². The van der Waals surface area contributed by atoms with Crippen LogP contribution in [0.15, 0.2) is 42.5 Å². The summed E-state index contributed by atoms with van der Waals surface area (Å²) in [6.45, 7) is 8.82. The van der Waals surface area contributed by atoms with Crippen molar-refractivity contribution in [3.8, 4) is 5.75 Å². The van der Waals surface area contributed by atoms with Gasteiger partial charge in [0.25, 0.3) is 0 Å². The molecule has 2 aromatic rings. The first kappa shape index (κ1) is 28.2. The van der Waals surface area contributed by atoms with Crippen molar-refractivity contribution in [3.63, 3.8) is 0 Å². The molecule has 8 nitrogen and oxygen atoms in total. The van der Waals surface area contributed by atoms with E-state index in [1.807, 2.05) is 26.0 Å². The predicted molar refractivity (Wildman–Crippen MR) is 139 cm³/mol. The number of nitrogens with one attached hydrogen (secondary N) is 1. The molecule has 0 heterocycles. The summed E-state index contributed by atoms with van der Waals surface area (Å²) in [5, 5.41) is 2.92. The highest BCUT2D eigenvalue weighted by molar-refractivity contribution is 7.92. The van der Waals surface area contributed by atoms with Crippen molar-refractivity contribution in [2.24, 2.45) is 0 Å². The molecule has 0 aromatic heterocycles. The molecule has 2 atom stereocenters. The van der Waals surface area contributed by atoms with E-state index in [0.717, 1.165) is 33.7 Å². The molecular weight excluding hydrogens is 466 g/mol. The van der Waals surface area contributed by atoms with Crippen molar-refractivity contribution >= 4 is 27.5 Å². The molecule has 0 bridgehead atoms. The van der Waals surface area contributed by atoms with Crippen molar-refractivity contribution in [1.82, 2.24) is 10.2 Å². The number of para-hydroxylation sites is 1. The number of hydrogen-bond acceptors (Lipinski definition) is 5. The van der Waals surface area contributed by atoms with Gasteiger partial charge in [-0.15, -0.1) is 0 Å². The molecular formula is C26H37N3O5S. The van der Waals surface area contributed by atoms with Gasteiger partial charge in [0.2, 0.25) is 21.8 Å². The second kappa shape index (κ2) is 12.1. The molecule has 0 aliphatic rings. The largest absolute Gasteiger partial charge is 0.497 e. The van der Waals surface area contributed by atoms with Gasteiger partial charge in [-0.3, -0.25) is 13.9 Å². The van der Waals surface area contributed by atoms with E-state index in [-0.39, 0.29) is 18.5 Å². The Morgan fingerprint density at radius 1 is 1.06 bits per heavy atom. The van der Waals surface area contributed by atoms with E-state index in [4.69, 9.17) is 4.74 Å². The summed E-state index contributed by atoms with van der Waals surface area (Å²) in [5.74, 6) is -0.152. The van der Waals surface area contributed by atoms with Crippen LogP contribution in [0.1, 0.15) is 43.9 Å². The molecule has 0 saturated heterocycles. The van der Waals surface area contributed by atoms with Gasteiger partial charge >= 0.3 is 0 Å². The summed E-state index contributed by atoms with van der Waals surface area (Å²) < 4.78 is 32.0. The Balaban J connectivity index is 2.46. The minimum atomic E-state index is -3.78. The second-order valence-electron chi connectivity index (χ2n) is 8.88. The number of sulfonamides is 1. The summed E-state index contributed by atoms with van der Waals surface area (Å²) in [5.41, 5.74) is 2.72. The fourth-order valence-corrected chi connectivity index (χ4v) is 4.76. The zero-order chi connectivity index (χ0) is 26.3. The minimum Gasteiger partial charge on any atom is -0.497 e. The van der Waals surface area contributed by atoms with Crippen LogP contribution in [0.25, 0.3) is 0 Å². The van der Waals surface area contributed by atoms with Gasteiger partial charge in [-0.1, -0.05) is 37.3 Å². The molecule has 0 spiro atoms. The number of benzene rings is 2. The Hall–Kier alpha value is -3.07. The van der Waals surface area contributed by atoms with Crippen molar-refractivity contribution < 1.29 is 22.7 Å². The molecule has 35 heavy (non-hydrogen) atoms. The first-order chi connectivity index (χ1) is 16.4. The fourth-order valence-electron chi connectivity index (χ4n) is 3.79. The molecule has 0 saturated carbocycles. The smallest absolute Gasteiger partial charge is 0.244 e. The van der Waals surface area contributed by atoms with Crippen LogP contribution in [0.5, 0.6) is 5.75 Å². The lowest BCUT2D eigenvalue weighted by molar-refractivity contribution is -0.139. The van der Waals surface area contributed by atoms with Crippen molar-refractivity contribution in [1.29, 1.82) is 0 Å². The molecule has 0 radical (unpaired) electrons. The molecule has 0 aliphatic heterocycles. The molecule has 2 rings (SSSR count). The molecule has 1 N–H and O–H groups in total. The lowest BCUT2D eigenvalue weighted by Gasteiger charge is -2.33. The van der Waals surface area contributed by atoms with Crippen molar-refractivity contribution in [2.75, 3.05) is 24.2 Å². The molecule has 2 aromatic carbocycles. The summed E-state index contributed by atoms with van der Waals surface area (Å²) in [4.78, 5) is 28.1. The minimum absolute atomic E-state index is 0.0548.